The predicted molar refractivity (Wildman–Crippen MR) is 57.6 cm³/mol. The van der Waals surface area contributed by atoms with Crippen molar-refractivity contribution in [3.63, 3.8) is 0 Å². The molecule has 1 heterocycles. The second-order valence-electron chi connectivity index (χ2n) is 3.77. The molecule has 0 unspecified atom stereocenters. The molecule has 1 fully saturated rings. The maximum Gasteiger partial charge on any atom is 0.0701 e. The lowest BCUT2D eigenvalue weighted by molar-refractivity contribution is 0.0410. The minimum atomic E-state index is 0.744. The van der Waals surface area contributed by atoms with E-state index in [1.807, 2.05) is 0 Å². The number of likely N-dealkylation sites (tertiary alicyclic amines) is 1. The first-order valence-corrected chi connectivity index (χ1v) is 5.81. The van der Waals surface area contributed by atoms with Crippen LogP contribution in [0.2, 0.25) is 0 Å². The standard InChI is InChI=1S/C11H23NO2/c1-2-8-13-10-11-14-9-7-12-5-3-4-6-12/h2-11H2,1H3. The van der Waals surface area contributed by atoms with Gasteiger partial charge in [0.15, 0.2) is 0 Å². The zero-order valence-corrected chi connectivity index (χ0v) is 9.33. The van der Waals surface area contributed by atoms with E-state index in [4.69, 9.17) is 9.47 Å². The molecule has 14 heavy (non-hydrogen) atoms. The number of hydrogen-bond acceptors (Lipinski definition) is 3. The Hall–Kier alpha value is -0.120. The number of hydrogen-bond donors (Lipinski definition) is 0. The average molecular weight is 201 g/mol. The fourth-order valence-electron chi connectivity index (χ4n) is 1.67. The molecule has 1 aliphatic rings. The first-order valence-electron chi connectivity index (χ1n) is 5.81. The third-order valence-electron chi connectivity index (χ3n) is 2.47. The highest BCUT2D eigenvalue weighted by Crippen LogP contribution is 2.05. The van der Waals surface area contributed by atoms with Crippen LogP contribution in [0, 0.1) is 0 Å². The average Bonchev–Trinajstić information content (AvgIpc) is 2.69. The first kappa shape index (κ1) is 12.0. The van der Waals surface area contributed by atoms with E-state index in [0.717, 1.165) is 39.4 Å². The van der Waals surface area contributed by atoms with E-state index in [1.54, 1.807) is 0 Å². The van der Waals surface area contributed by atoms with Crippen molar-refractivity contribution < 1.29 is 9.47 Å². The van der Waals surface area contributed by atoms with Gasteiger partial charge in [0, 0.05) is 13.2 Å². The molecular formula is C11H23NO2. The minimum Gasteiger partial charge on any atom is -0.379 e. The van der Waals surface area contributed by atoms with E-state index in [0.29, 0.717) is 0 Å². The summed E-state index contributed by atoms with van der Waals surface area (Å²) in [5.74, 6) is 0. The largest absolute Gasteiger partial charge is 0.379 e. The molecular weight excluding hydrogens is 178 g/mol. The molecule has 0 N–H and O–H groups in total. The molecule has 0 bridgehead atoms. The molecule has 0 saturated carbocycles. The second kappa shape index (κ2) is 8.21. The van der Waals surface area contributed by atoms with Crippen LogP contribution in [-0.4, -0.2) is 51.0 Å². The normalized spacial score (nSPS) is 17.8. The molecule has 1 saturated heterocycles. The smallest absolute Gasteiger partial charge is 0.0701 e. The summed E-state index contributed by atoms with van der Waals surface area (Å²) in [5.41, 5.74) is 0. The Morgan fingerprint density at radius 2 is 1.57 bits per heavy atom. The van der Waals surface area contributed by atoms with Crippen molar-refractivity contribution in [1.29, 1.82) is 0 Å². The Bertz CT molecular complexity index is 124. The Morgan fingerprint density at radius 1 is 0.929 bits per heavy atom. The maximum atomic E-state index is 5.48. The monoisotopic (exact) mass is 201 g/mol. The molecule has 3 nitrogen and oxygen atoms in total. The fraction of sp³-hybridized carbons (Fsp3) is 1.00. The van der Waals surface area contributed by atoms with E-state index in [1.165, 1.54) is 25.9 Å². The lowest BCUT2D eigenvalue weighted by Gasteiger charge is -2.14. The molecule has 0 aromatic rings. The van der Waals surface area contributed by atoms with Crippen molar-refractivity contribution in [1.82, 2.24) is 4.90 Å². The van der Waals surface area contributed by atoms with Crippen LogP contribution in [0.25, 0.3) is 0 Å². The second-order valence-corrected chi connectivity index (χ2v) is 3.77. The molecule has 0 aliphatic carbocycles. The molecule has 1 aliphatic heterocycles. The molecule has 0 spiro atoms. The zero-order chi connectivity index (χ0) is 10.1. The molecule has 0 radical (unpaired) electrons. The van der Waals surface area contributed by atoms with E-state index in [9.17, 15) is 0 Å². The van der Waals surface area contributed by atoms with Gasteiger partial charge in [-0.3, -0.25) is 0 Å². The summed E-state index contributed by atoms with van der Waals surface area (Å²) in [6, 6.07) is 0. The van der Waals surface area contributed by atoms with E-state index in [-0.39, 0.29) is 0 Å². The SMILES string of the molecule is CCCOCCOCCN1CCCC1. The van der Waals surface area contributed by atoms with Gasteiger partial charge in [-0.2, -0.15) is 0 Å². The van der Waals surface area contributed by atoms with Crippen LogP contribution in [-0.2, 0) is 9.47 Å². The highest BCUT2D eigenvalue weighted by atomic mass is 16.5. The van der Waals surface area contributed by atoms with Crippen molar-refractivity contribution in [2.45, 2.75) is 26.2 Å². The summed E-state index contributed by atoms with van der Waals surface area (Å²) in [6.45, 7) is 8.93. The van der Waals surface area contributed by atoms with Gasteiger partial charge in [-0.15, -0.1) is 0 Å². The Balaban J connectivity index is 1.75. The van der Waals surface area contributed by atoms with Gasteiger partial charge in [0.2, 0.25) is 0 Å². The summed E-state index contributed by atoms with van der Waals surface area (Å²) in [6.07, 6.45) is 3.81. The summed E-state index contributed by atoms with van der Waals surface area (Å²) in [7, 11) is 0. The highest BCUT2D eigenvalue weighted by molar-refractivity contribution is 4.64. The summed E-state index contributed by atoms with van der Waals surface area (Å²) >= 11 is 0. The van der Waals surface area contributed by atoms with Crippen molar-refractivity contribution in [2.24, 2.45) is 0 Å². The van der Waals surface area contributed by atoms with E-state index in [2.05, 4.69) is 11.8 Å². The van der Waals surface area contributed by atoms with Gasteiger partial charge in [0.25, 0.3) is 0 Å². The van der Waals surface area contributed by atoms with Crippen LogP contribution in [0.15, 0.2) is 0 Å². The van der Waals surface area contributed by atoms with Crippen molar-refractivity contribution in [2.75, 3.05) is 46.1 Å². The van der Waals surface area contributed by atoms with Gasteiger partial charge >= 0.3 is 0 Å². The van der Waals surface area contributed by atoms with Crippen LogP contribution < -0.4 is 0 Å². The Morgan fingerprint density at radius 3 is 2.21 bits per heavy atom. The fourth-order valence-corrected chi connectivity index (χ4v) is 1.67. The Labute approximate surface area is 87.4 Å². The van der Waals surface area contributed by atoms with Crippen LogP contribution in [0.4, 0.5) is 0 Å². The van der Waals surface area contributed by atoms with Gasteiger partial charge in [-0.1, -0.05) is 6.92 Å². The Kier molecular flexibility index (Phi) is 7.01. The third kappa shape index (κ3) is 5.58. The van der Waals surface area contributed by atoms with Crippen LogP contribution in [0.5, 0.6) is 0 Å². The minimum absolute atomic E-state index is 0.744. The van der Waals surface area contributed by atoms with Crippen molar-refractivity contribution in [3.8, 4) is 0 Å². The molecule has 1 rings (SSSR count). The van der Waals surface area contributed by atoms with Gasteiger partial charge in [0.05, 0.1) is 19.8 Å². The molecule has 0 aromatic carbocycles. The molecule has 0 amide bonds. The first-order chi connectivity index (χ1) is 6.93. The zero-order valence-electron chi connectivity index (χ0n) is 9.33. The van der Waals surface area contributed by atoms with Gasteiger partial charge < -0.3 is 14.4 Å². The summed E-state index contributed by atoms with van der Waals surface area (Å²) < 4.78 is 10.8. The van der Waals surface area contributed by atoms with Gasteiger partial charge in [-0.25, -0.2) is 0 Å². The highest BCUT2D eigenvalue weighted by Gasteiger charge is 2.09. The van der Waals surface area contributed by atoms with Gasteiger partial charge in [0.1, 0.15) is 0 Å². The maximum absolute atomic E-state index is 5.48. The van der Waals surface area contributed by atoms with Crippen LogP contribution in [0.1, 0.15) is 26.2 Å². The summed E-state index contributed by atoms with van der Waals surface area (Å²) in [4.78, 5) is 2.47. The van der Waals surface area contributed by atoms with Crippen molar-refractivity contribution >= 4 is 0 Å². The lowest BCUT2D eigenvalue weighted by atomic mass is 10.4. The molecule has 0 atom stereocenters. The van der Waals surface area contributed by atoms with E-state index >= 15 is 0 Å². The number of nitrogens with zero attached hydrogens (tertiary/aromatic N) is 1. The quantitative estimate of drug-likeness (QED) is 0.556. The van der Waals surface area contributed by atoms with E-state index < -0.39 is 0 Å². The topological polar surface area (TPSA) is 21.7 Å². The van der Waals surface area contributed by atoms with Crippen LogP contribution in [0.3, 0.4) is 0 Å². The third-order valence-corrected chi connectivity index (χ3v) is 2.47. The molecule has 0 aromatic heterocycles. The number of ether oxygens (including phenoxy) is 2. The van der Waals surface area contributed by atoms with Gasteiger partial charge in [-0.05, 0) is 32.4 Å². The summed E-state index contributed by atoms with van der Waals surface area (Å²) in [5, 5.41) is 0. The lowest BCUT2D eigenvalue weighted by Crippen LogP contribution is -2.24. The molecule has 84 valence electrons. The number of rotatable bonds is 8. The molecule has 3 heteroatoms. The van der Waals surface area contributed by atoms with Crippen LogP contribution >= 0.6 is 0 Å². The van der Waals surface area contributed by atoms with Crippen molar-refractivity contribution in [3.05, 3.63) is 0 Å². The predicted octanol–water partition coefficient (Wildman–Crippen LogP) is 1.53.